The largest absolute Gasteiger partial charge is 0.508 e. The Kier molecular flexibility index (Phi) is 11.4. The minimum Gasteiger partial charge on any atom is -0.508 e. The zero-order valence-corrected chi connectivity index (χ0v) is 27.3. The lowest BCUT2D eigenvalue weighted by atomic mass is 9.51. The highest BCUT2D eigenvalue weighted by molar-refractivity contribution is 5.69. The lowest BCUT2D eigenvalue weighted by Crippen LogP contribution is -2.60. The number of unbranched alkanes of at least 4 members (excludes halogenated alkanes) is 5. The van der Waals surface area contributed by atoms with Crippen LogP contribution in [0.1, 0.15) is 114 Å². The van der Waals surface area contributed by atoms with E-state index in [0.717, 1.165) is 42.4 Å². The molecular formula is C35H45F9O5. The summed E-state index contributed by atoms with van der Waals surface area (Å²) in [7, 11) is 0. The Hall–Kier alpha value is -2.48. The summed E-state index contributed by atoms with van der Waals surface area (Å²) in [5.41, 5.74) is 2.33. The Bertz CT molecular complexity index is 1350. The van der Waals surface area contributed by atoms with Crippen LogP contribution in [0.4, 0.5) is 39.5 Å². The number of hydrogen-bond donors (Lipinski definition) is 4. The first-order valence-corrected chi connectivity index (χ1v) is 16.9. The van der Waals surface area contributed by atoms with Crippen LogP contribution in [-0.2, 0) is 4.79 Å². The number of aliphatic hydroxyl groups excluding tert-OH is 2. The van der Waals surface area contributed by atoms with E-state index < -0.39 is 60.9 Å². The Morgan fingerprint density at radius 3 is 2.14 bits per heavy atom. The molecule has 0 radical (unpaired) electrons. The predicted molar refractivity (Wildman–Crippen MR) is 162 cm³/mol. The molecule has 0 aliphatic heterocycles. The maximum absolute atomic E-state index is 13.9. The van der Waals surface area contributed by atoms with Crippen molar-refractivity contribution in [2.75, 3.05) is 0 Å². The van der Waals surface area contributed by atoms with E-state index in [2.05, 4.69) is 13.5 Å². The molecule has 278 valence electrons. The molecular weight excluding hydrogens is 671 g/mol. The van der Waals surface area contributed by atoms with Crippen LogP contribution in [-0.4, -0.2) is 56.4 Å². The van der Waals surface area contributed by atoms with E-state index in [1.807, 2.05) is 6.07 Å². The summed E-state index contributed by atoms with van der Waals surface area (Å²) in [6, 6.07) is 5.13. The van der Waals surface area contributed by atoms with E-state index in [9.17, 15) is 64.7 Å². The van der Waals surface area contributed by atoms with E-state index in [1.165, 1.54) is 0 Å². The van der Waals surface area contributed by atoms with Crippen molar-refractivity contribution in [3.05, 3.63) is 41.5 Å². The highest BCUT2D eigenvalue weighted by atomic mass is 19.4. The van der Waals surface area contributed by atoms with Crippen LogP contribution < -0.4 is 0 Å². The number of carboxylic acid groups (broad SMARTS) is 1. The SMILES string of the molecule is C=C1[C@H](O)C[C@H]2[C@@H]3[C@H](CCCCCCCCC(CCC(F)(F)C(F)(F)C(F)(F)C(F)(F)F)C(=O)O)[C@H](O)c4cc(O)ccc4[C@H]3CC[C@]12C. The molecule has 0 bridgehead atoms. The van der Waals surface area contributed by atoms with E-state index >= 15 is 0 Å². The Labute approximate surface area is 279 Å². The van der Waals surface area contributed by atoms with E-state index in [0.29, 0.717) is 32.1 Å². The van der Waals surface area contributed by atoms with Gasteiger partial charge in [0.05, 0.1) is 18.1 Å². The van der Waals surface area contributed by atoms with Crippen LogP contribution in [0, 0.1) is 29.1 Å². The molecule has 14 heteroatoms. The summed E-state index contributed by atoms with van der Waals surface area (Å²) in [5, 5.41) is 41.8. The highest BCUT2D eigenvalue weighted by Gasteiger charge is 2.81. The molecule has 1 unspecified atom stereocenters. The summed E-state index contributed by atoms with van der Waals surface area (Å²) in [6.07, 6.45) is -5.50. The molecule has 0 heterocycles. The minimum atomic E-state index is -7.00. The van der Waals surface area contributed by atoms with Gasteiger partial charge in [0, 0.05) is 6.42 Å². The monoisotopic (exact) mass is 716 g/mol. The number of carbonyl (C=O) groups is 1. The maximum atomic E-state index is 13.9. The number of halogens is 9. The van der Waals surface area contributed by atoms with Gasteiger partial charge in [0.1, 0.15) is 5.75 Å². The molecule has 3 aliphatic carbocycles. The van der Waals surface area contributed by atoms with Gasteiger partial charge in [-0.1, -0.05) is 58.1 Å². The van der Waals surface area contributed by atoms with Crippen molar-refractivity contribution >= 4 is 5.97 Å². The summed E-state index contributed by atoms with van der Waals surface area (Å²) < 4.78 is 118. The van der Waals surface area contributed by atoms with Crippen molar-refractivity contribution in [3.8, 4) is 5.75 Å². The smallest absolute Gasteiger partial charge is 0.460 e. The highest BCUT2D eigenvalue weighted by Crippen LogP contribution is 2.65. The number of carboxylic acids is 1. The molecule has 0 saturated heterocycles. The number of phenols is 1. The molecule has 2 fully saturated rings. The summed E-state index contributed by atoms with van der Waals surface area (Å²) in [4.78, 5) is 11.5. The number of fused-ring (bicyclic) bond motifs is 5. The number of alkyl halides is 9. The van der Waals surface area contributed by atoms with E-state index in [-0.39, 0.29) is 47.7 Å². The molecule has 0 amide bonds. The van der Waals surface area contributed by atoms with Crippen molar-refractivity contribution in [2.24, 2.45) is 29.1 Å². The van der Waals surface area contributed by atoms with Gasteiger partial charge in [0.2, 0.25) is 0 Å². The minimum absolute atomic E-state index is 0.0695. The van der Waals surface area contributed by atoms with Crippen molar-refractivity contribution in [1.82, 2.24) is 0 Å². The fourth-order valence-corrected chi connectivity index (χ4v) is 8.81. The molecule has 4 N–H and O–H groups in total. The second-order valence-corrected chi connectivity index (χ2v) is 14.6. The van der Waals surface area contributed by atoms with E-state index in [4.69, 9.17) is 0 Å². The first kappa shape index (κ1) is 39.3. The number of hydrogen-bond acceptors (Lipinski definition) is 4. The van der Waals surface area contributed by atoms with Crippen LogP contribution in [0.3, 0.4) is 0 Å². The summed E-state index contributed by atoms with van der Waals surface area (Å²) >= 11 is 0. The quantitative estimate of drug-likeness (QED) is 0.0824. The zero-order valence-electron chi connectivity index (χ0n) is 27.3. The van der Waals surface area contributed by atoms with Crippen LogP contribution in [0.15, 0.2) is 30.4 Å². The topological polar surface area (TPSA) is 98.0 Å². The average Bonchev–Trinajstić information content (AvgIpc) is 3.24. The molecule has 1 aromatic carbocycles. The molecule has 2 saturated carbocycles. The van der Waals surface area contributed by atoms with E-state index in [1.54, 1.807) is 12.1 Å². The van der Waals surface area contributed by atoms with Crippen LogP contribution >= 0.6 is 0 Å². The Balaban J connectivity index is 1.28. The third-order valence-electron chi connectivity index (χ3n) is 11.7. The fraction of sp³-hybridized carbons (Fsp3) is 0.743. The third-order valence-corrected chi connectivity index (χ3v) is 11.7. The number of phenolic OH excluding ortho intramolecular Hbond substituents is 1. The number of aliphatic carboxylic acids is 1. The number of benzene rings is 1. The second kappa shape index (κ2) is 14.3. The standard InChI is InChI=1S/C35H45F9O5/c1-19-27(46)18-26-28-23(14-15-31(19,26)2)22-12-11-21(45)17-25(22)29(47)24(28)10-8-6-4-3-5-7-9-20(30(48)49)13-16-32(36,37)33(38,39)34(40,41)35(42,43)44/h11-12,17,20,23-24,26-29,45-47H,1,3-10,13-16,18H2,2H3,(H,48,49)/t20?,23-,24+,26+,27-,28+,29+,31-/m1/s1. The second-order valence-electron chi connectivity index (χ2n) is 14.6. The molecule has 8 atom stereocenters. The van der Waals surface area contributed by atoms with Gasteiger partial charge in [-0.3, -0.25) is 4.79 Å². The normalized spacial score (nSPS) is 29.7. The zero-order chi connectivity index (χ0) is 36.7. The number of aliphatic hydroxyl groups is 2. The Morgan fingerprint density at radius 2 is 1.53 bits per heavy atom. The van der Waals surface area contributed by atoms with Gasteiger partial charge < -0.3 is 20.4 Å². The third kappa shape index (κ3) is 7.32. The number of rotatable bonds is 15. The van der Waals surface area contributed by atoms with Gasteiger partial charge in [-0.25, -0.2) is 0 Å². The Morgan fingerprint density at radius 1 is 0.918 bits per heavy atom. The van der Waals surface area contributed by atoms with Crippen LogP contribution in [0.5, 0.6) is 5.75 Å². The number of aromatic hydroxyl groups is 1. The molecule has 4 rings (SSSR count). The molecule has 0 aromatic heterocycles. The molecule has 5 nitrogen and oxygen atoms in total. The van der Waals surface area contributed by atoms with Crippen LogP contribution in [0.25, 0.3) is 0 Å². The van der Waals surface area contributed by atoms with Crippen molar-refractivity contribution in [2.45, 2.75) is 132 Å². The molecule has 3 aliphatic rings. The van der Waals surface area contributed by atoms with Gasteiger partial charge in [-0.2, -0.15) is 39.5 Å². The lowest BCUT2D eigenvalue weighted by molar-refractivity contribution is -0.396. The molecule has 1 aromatic rings. The predicted octanol–water partition coefficient (Wildman–Crippen LogP) is 9.56. The van der Waals surface area contributed by atoms with Gasteiger partial charge in [-0.15, -0.1) is 0 Å². The fourth-order valence-electron chi connectivity index (χ4n) is 8.81. The van der Waals surface area contributed by atoms with Gasteiger partial charge in [0.25, 0.3) is 0 Å². The summed E-state index contributed by atoms with van der Waals surface area (Å²) in [6.45, 7) is 6.34. The van der Waals surface area contributed by atoms with Crippen molar-refractivity contribution < 1.29 is 64.7 Å². The maximum Gasteiger partial charge on any atom is 0.460 e. The lowest BCUT2D eigenvalue weighted by Gasteiger charge is -2.53. The summed E-state index contributed by atoms with van der Waals surface area (Å²) in [5.74, 6) is -22.5. The van der Waals surface area contributed by atoms with Gasteiger partial charge >= 0.3 is 29.9 Å². The van der Waals surface area contributed by atoms with Crippen molar-refractivity contribution in [1.29, 1.82) is 0 Å². The van der Waals surface area contributed by atoms with Gasteiger partial charge in [-0.05, 0) is 96.4 Å². The van der Waals surface area contributed by atoms with Crippen molar-refractivity contribution in [3.63, 3.8) is 0 Å². The first-order valence-electron chi connectivity index (χ1n) is 16.9. The van der Waals surface area contributed by atoms with Gasteiger partial charge in [0.15, 0.2) is 0 Å². The van der Waals surface area contributed by atoms with Crippen LogP contribution in [0.2, 0.25) is 0 Å². The molecule has 49 heavy (non-hydrogen) atoms. The molecule has 0 spiro atoms. The average molecular weight is 717 g/mol. The first-order chi connectivity index (χ1) is 22.6.